The largest absolute Gasteiger partial charge is 0.411 e. The maximum atomic E-state index is 12.3. The quantitative estimate of drug-likeness (QED) is 0.737. The third-order valence-electron chi connectivity index (χ3n) is 6.12. The van der Waals surface area contributed by atoms with Gasteiger partial charge in [0.15, 0.2) is 16.6 Å². The molecule has 0 amide bonds. The van der Waals surface area contributed by atoms with Crippen LogP contribution < -0.4 is 0 Å². The number of ketones is 1. The highest BCUT2D eigenvalue weighted by Crippen LogP contribution is 2.41. The number of aliphatic hydroxyl groups excluding tert-OH is 1. The first-order valence-electron chi connectivity index (χ1n) is 9.03. The average Bonchev–Trinajstić information content (AvgIpc) is 2.31. The molecule has 3 atom stereocenters. The minimum Gasteiger partial charge on any atom is -0.411 e. The minimum atomic E-state index is -2.05. The van der Waals surface area contributed by atoms with Gasteiger partial charge in [0.05, 0.1) is 12.2 Å². The van der Waals surface area contributed by atoms with Crippen LogP contribution >= 0.6 is 0 Å². The Balaban J connectivity index is 2.94. The Kier molecular flexibility index (Phi) is 6.38. The van der Waals surface area contributed by atoms with E-state index in [1.165, 1.54) is 0 Å². The molecule has 6 heteroatoms. The summed E-state index contributed by atoms with van der Waals surface area (Å²) in [5.74, 6) is 0.132. The first-order valence-corrected chi connectivity index (χ1v) is 14.8. The molecule has 142 valence electrons. The van der Waals surface area contributed by atoms with Crippen LogP contribution in [0.5, 0.6) is 0 Å². The summed E-state index contributed by atoms with van der Waals surface area (Å²) in [5.41, 5.74) is 0. The Morgan fingerprint density at radius 3 is 1.38 bits per heavy atom. The van der Waals surface area contributed by atoms with E-state index < -0.39 is 34.9 Å². The fourth-order valence-electron chi connectivity index (χ4n) is 2.35. The third kappa shape index (κ3) is 5.00. The predicted octanol–water partition coefficient (Wildman–Crippen LogP) is 4.49. The maximum Gasteiger partial charge on any atom is 0.192 e. The van der Waals surface area contributed by atoms with Gasteiger partial charge in [-0.05, 0) is 36.3 Å². The van der Waals surface area contributed by atoms with E-state index in [9.17, 15) is 9.90 Å². The van der Waals surface area contributed by atoms with Crippen molar-refractivity contribution >= 4 is 22.4 Å². The summed E-state index contributed by atoms with van der Waals surface area (Å²) in [6.07, 6.45) is -1.02. The summed E-state index contributed by atoms with van der Waals surface area (Å²) in [7, 11) is -4.09. The summed E-state index contributed by atoms with van der Waals surface area (Å²) >= 11 is 0. The van der Waals surface area contributed by atoms with Crippen LogP contribution in [0.3, 0.4) is 0 Å². The molecule has 1 aliphatic rings. The summed E-state index contributed by atoms with van der Waals surface area (Å²) in [5, 5.41) is 10.9. The lowest BCUT2D eigenvalue weighted by Crippen LogP contribution is -2.56. The van der Waals surface area contributed by atoms with Crippen molar-refractivity contribution in [3.63, 3.8) is 0 Å². The number of aliphatic hydroxyl groups is 1. The molecule has 1 unspecified atom stereocenters. The SMILES string of the molecule is CC(C)(C)[Si](C)(C)O[C@H]1CC(=O)C[C@@H](O[Si](C)(C)C(C)(C)C)C1O. The standard InChI is InChI=1S/C18H38O4Si2/c1-17(2,3)23(7,8)21-14-11-13(19)12-15(16(14)20)22-24(9,10)18(4,5)6/h14-16,20H,11-12H2,1-10H3/t14-,15+,16?. The molecule has 4 nitrogen and oxygen atoms in total. The lowest BCUT2D eigenvalue weighted by atomic mass is 9.91. The number of hydrogen-bond acceptors (Lipinski definition) is 4. The smallest absolute Gasteiger partial charge is 0.192 e. The normalized spacial score (nSPS) is 27.5. The van der Waals surface area contributed by atoms with Crippen LogP contribution in [0.2, 0.25) is 36.3 Å². The number of carbonyl (C=O) groups is 1. The zero-order valence-corrected chi connectivity index (χ0v) is 19.3. The summed E-state index contributed by atoms with van der Waals surface area (Å²) < 4.78 is 12.7. The molecule has 0 heterocycles. The van der Waals surface area contributed by atoms with Gasteiger partial charge in [-0.3, -0.25) is 4.79 Å². The van der Waals surface area contributed by atoms with Crippen LogP contribution in [-0.4, -0.2) is 45.8 Å². The van der Waals surface area contributed by atoms with Crippen molar-refractivity contribution in [1.29, 1.82) is 0 Å². The van der Waals surface area contributed by atoms with E-state index in [1.807, 2.05) is 0 Å². The minimum absolute atomic E-state index is 0.0446. The van der Waals surface area contributed by atoms with Gasteiger partial charge in [-0.2, -0.15) is 0 Å². The predicted molar refractivity (Wildman–Crippen MR) is 104 cm³/mol. The number of hydrogen-bond donors (Lipinski definition) is 1. The van der Waals surface area contributed by atoms with Crippen molar-refractivity contribution < 1.29 is 18.8 Å². The highest BCUT2D eigenvalue weighted by molar-refractivity contribution is 6.74. The van der Waals surface area contributed by atoms with Crippen LogP contribution in [0.4, 0.5) is 0 Å². The third-order valence-corrected chi connectivity index (χ3v) is 15.1. The van der Waals surface area contributed by atoms with Crippen molar-refractivity contribution in [2.24, 2.45) is 0 Å². The van der Waals surface area contributed by atoms with Crippen LogP contribution in [0.1, 0.15) is 54.4 Å². The van der Waals surface area contributed by atoms with Gasteiger partial charge in [0.1, 0.15) is 11.9 Å². The van der Waals surface area contributed by atoms with E-state index in [4.69, 9.17) is 8.85 Å². The van der Waals surface area contributed by atoms with E-state index in [2.05, 4.69) is 67.7 Å². The molecule has 0 aromatic rings. The Morgan fingerprint density at radius 2 is 1.12 bits per heavy atom. The molecule has 0 radical (unpaired) electrons. The van der Waals surface area contributed by atoms with Gasteiger partial charge in [0.25, 0.3) is 0 Å². The molecule has 0 aromatic heterocycles. The molecule has 1 rings (SSSR count). The van der Waals surface area contributed by atoms with Crippen LogP contribution in [0.25, 0.3) is 0 Å². The maximum absolute atomic E-state index is 12.3. The lowest BCUT2D eigenvalue weighted by Gasteiger charge is -2.46. The van der Waals surface area contributed by atoms with Crippen LogP contribution in [-0.2, 0) is 13.6 Å². The van der Waals surface area contributed by atoms with Gasteiger partial charge < -0.3 is 14.0 Å². The molecule has 1 aliphatic carbocycles. The van der Waals surface area contributed by atoms with Crippen LogP contribution in [0, 0.1) is 0 Å². The number of carbonyl (C=O) groups excluding carboxylic acids is 1. The second-order valence-corrected chi connectivity index (χ2v) is 19.8. The Morgan fingerprint density at radius 1 is 0.833 bits per heavy atom. The molecule has 0 bridgehead atoms. The van der Waals surface area contributed by atoms with Crippen molar-refractivity contribution in [3.05, 3.63) is 0 Å². The van der Waals surface area contributed by atoms with Crippen molar-refractivity contribution in [1.82, 2.24) is 0 Å². The molecule has 1 N–H and O–H groups in total. The van der Waals surface area contributed by atoms with Gasteiger partial charge in [0, 0.05) is 12.8 Å². The van der Waals surface area contributed by atoms with Gasteiger partial charge in [-0.25, -0.2) is 0 Å². The molecule has 0 aromatic carbocycles. The van der Waals surface area contributed by atoms with Gasteiger partial charge >= 0.3 is 0 Å². The molecule has 0 saturated heterocycles. The number of Topliss-reactive ketones (excluding diaryl/α,β-unsaturated/α-hetero) is 1. The van der Waals surface area contributed by atoms with Crippen molar-refractivity contribution in [3.8, 4) is 0 Å². The lowest BCUT2D eigenvalue weighted by molar-refractivity contribution is -0.136. The molecular formula is C18H38O4Si2. The Hall–Kier alpha value is -0.0162. The van der Waals surface area contributed by atoms with Gasteiger partial charge in [0.2, 0.25) is 0 Å². The molecular weight excluding hydrogens is 336 g/mol. The van der Waals surface area contributed by atoms with E-state index in [-0.39, 0.29) is 15.9 Å². The van der Waals surface area contributed by atoms with E-state index >= 15 is 0 Å². The summed E-state index contributed by atoms with van der Waals surface area (Å²) in [6.45, 7) is 21.6. The monoisotopic (exact) mass is 374 g/mol. The van der Waals surface area contributed by atoms with Gasteiger partial charge in [-0.15, -0.1) is 0 Å². The second-order valence-electron chi connectivity index (χ2n) is 10.3. The first kappa shape index (κ1) is 22.0. The fraction of sp³-hybridized carbons (Fsp3) is 0.944. The second kappa shape index (κ2) is 6.95. The van der Waals surface area contributed by atoms with E-state index in [0.717, 1.165) is 0 Å². The van der Waals surface area contributed by atoms with Crippen molar-refractivity contribution in [2.75, 3.05) is 0 Å². The fourth-order valence-corrected chi connectivity index (χ4v) is 5.01. The summed E-state index contributed by atoms with van der Waals surface area (Å²) in [6, 6.07) is 0. The van der Waals surface area contributed by atoms with E-state index in [0.29, 0.717) is 12.8 Å². The highest BCUT2D eigenvalue weighted by atomic mass is 28.4. The molecule has 0 spiro atoms. The molecule has 0 aliphatic heterocycles. The molecule has 24 heavy (non-hydrogen) atoms. The topological polar surface area (TPSA) is 55.8 Å². The Bertz CT molecular complexity index is 421. The highest BCUT2D eigenvalue weighted by Gasteiger charge is 2.47. The Labute approximate surface area is 150 Å². The zero-order chi connectivity index (χ0) is 19.1. The first-order chi connectivity index (χ1) is 10.5. The van der Waals surface area contributed by atoms with E-state index in [1.54, 1.807) is 0 Å². The van der Waals surface area contributed by atoms with Crippen molar-refractivity contribution in [2.45, 2.75) is 109 Å². The average molecular weight is 375 g/mol. The zero-order valence-electron chi connectivity index (χ0n) is 17.3. The molecule has 1 saturated carbocycles. The van der Waals surface area contributed by atoms with Crippen LogP contribution in [0.15, 0.2) is 0 Å². The summed E-state index contributed by atoms with van der Waals surface area (Å²) in [4.78, 5) is 12.3. The van der Waals surface area contributed by atoms with Gasteiger partial charge in [-0.1, -0.05) is 41.5 Å². The molecule has 1 fully saturated rings. The number of rotatable bonds is 4.